The van der Waals surface area contributed by atoms with E-state index >= 15 is 0 Å². The lowest BCUT2D eigenvalue weighted by molar-refractivity contribution is -0.119. The first-order valence-corrected chi connectivity index (χ1v) is 16.5. The van der Waals surface area contributed by atoms with Gasteiger partial charge in [0, 0.05) is 31.1 Å². The van der Waals surface area contributed by atoms with Gasteiger partial charge in [-0.2, -0.15) is 5.48 Å². The van der Waals surface area contributed by atoms with E-state index < -0.39 is 40.3 Å². The van der Waals surface area contributed by atoms with Gasteiger partial charge in [-0.1, -0.05) is 54.6 Å². The molecule has 4 aromatic rings. The number of piperidine rings is 1. The highest BCUT2D eigenvalue weighted by molar-refractivity contribution is 7.89. The summed E-state index contributed by atoms with van der Waals surface area (Å²) in [6.45, 7) is 2.35. The molecule has 4 aromatic carbocycles. The molecule has 1 fully saturated rings. The maximum Gasteiger partial charge on any atom is 0.363 e. The zero-order valence-corrected chi connectivity index (χ0v) is 26.5. The number of amides is 2. The monoisotopic (exact) mass is 656 g/mol. The number of fused-ring (bicyclic) bond motifs is 1. The second kappa shape index (κ2) is 14.0. The molecule has 1 heterocycles. The van der Waals surface area contributed by atoms with Crippen LogP contribution in [0.25, 0.3) is 10.8 Å². The van der Waals surface area contributed by atoms with Crippen molar-refractivity contribution in [3.05, 3.63) is 113 Å². The predicted octanol–water partition coefficient (Wildman–Crippen LogP) is 3.27. The smallest absolute Gasteiger partial charge is 0.363 e. The highest BCUT2D eigenvalue weighted by Gasteiger charge is 2.32. The highest BCUT2D eigenvalue weighted by atomic mass is 32.2. The third kappa shape index (κ3) is 7.42. The third-order valence-corrected chi connectivity index (χ3v) is 9.87. The largest absolute Gasteiger partial charge is 0.370 e. The Balaban J connectivity index is 1.49. The van der Waals surface area contributed by atoms with Gasteiger partial charge < -0.3 is 21.2 Å². The van der Waals surface area contributed by atoms with E-state index in [1.165, 1.54) is 18.2 Å². The lowest BCUT2D eigenvalue weighted by Crippen LogP contribution is -2.43. The van der Waals surface area contributed by atoms with Crippen LogP contribution in [0.2, 0.25) is 0 Å². The van der Waals surface area contributed by atoms with Gasteiger partial charge in [0.2, 0.25) is 15.9 Å². The molecular weight excluding hydrogens is 620 g/mol. The molecule has 5 rings (SSSR count). The molecule has 47 heavy (non-hydrogen) atoms. The van der Waals surface area contributed by atoms with Crippen molar-refractivity contribution in [1.82, 2.24) is 15.1 Å². The Kier molecular flexibility index (Phi) is 9.87. The van der Waals surface area contributed by atoms with Crippen LogP contribution >= 0.6 is 0 Å². The topological polar surface area (TPSA) is 198 Å². The molecule has 1 saturated heterocycles. The fourth-order valence-electron chi connectivity index (χ4n) is 6.02. The Morgan fingerprint density at radius 2 is 1.68 bits per heavy atom. The summed E-state index contributed by atoms with van der Waals surface area (Å²) in [5.74, 6) is -3.93. The van der Waals surface area contributed by atoms with Crippen LogP contribution in [0.5, 0.6) is 0 Å². The number of hydrogen-bond donors (Lipinski definition) is 5. The van der Waals surface area contributed by atoms with Gasteiger partial charge >= 0.3 is 5.97 Å². The average molecular weight is 657 g/mol. The van der Waals surface area contributed by atoms with Gasteiger partial charge in [-0.3, -0.25) is 15.0 Å². The summed E-state index contributed by atoms with van der Waals surface area (Å²) in [6, 6.07) is 23.4. The van der Waals surface area contributed by atoms with Crippen LogP contribution in [0.3, 0.4) is 0 Å². The third-order valence-electron chi connectivity index (χ3n) is 8.45. The van der Waals surface area contributed by atoms with Crippen molar-refractivity contribution < 1.29 is 27.6 Å². The van der Waals surface area contributed by atoms with Gasteiger partial charge in [0.15, 0.2) is 5.96 Å². The van der Waals surface area contributed by atoms with Gasteiger partial charge in [-0.15, -0.1) is 0 Å². The minimum absolute atomic E-state index is 0.000296. The van der Waals surface area contributed by atoms with E-state index in [4.69, 9.17) is 21.7 Å². The van der Waals surface area contributed by atoms with Crippen molar-refractivity contribution in [3.63, 3.8) is 0 Å². The second-order valence-electron chi connectivity index (χ2n) is 11.4. The van der Waals surface area contributed by atoms with Crippen molar-refractivity contribution >= 4 is 44.5 Å². The summed E-state index contributed by atoms with van der Waals surface area (Å²) in [5, 5.41) is 9.49. The number of guanidine groups is 1. The fraction of sp³-hybridized carbons (Fsp3) is 0.235. The predicted molar refractivity (Wildman–Crippen MR) is 177 cm³/mol. The molecule has 0 bridgehead atoms. The summed E-state index contributed by atoms with van der Waals surface area (Å²) in [4.78, 5) is 46.0. The Hall–Kier alpha value is -5.27. The van der Waals surface area contributed by atoms with E-state index in [9.17, 15) is 22.8 Å². The number of benzene rings is 4. The SMILES string of the molecule is Cc1c(C2CCCN(C(=N)N)C2)ccc(C(=O)ONC(=O)c2ccccc2)c1C(CNS(=O)(=O)c1ccc2ccccc2c1)C(N)=O. The van der Waals surface area contributed by atoms with Crippen molar-refractivity contribution in [2.24, 2.45) is 11.5 Å². The van der Waals surface area contributed by atoms with Crippen LogP contribution in [0.4, 0.5) is 0 Å². The average Bonchev–Trinajstić information content (AvgIpc) is 3.07. The summed E-state index contributed by atoms with van der Waals surface area (Å²) in [6.07, 6.45) is 1.52. The normalized spacial score (nSPS) is 15.5. The molecule has 244 valence electrons. The quantitative estimate of drug-likeness (QED) is 0.103. The number of sulfonamides is 1. The molecule has 2 unspecified atom stereocenters. The standard InChI is InChI=1S/C34H36N6O6S/c1-21-27(25-12-7-17-40(20-25)34(36)37)15-16-28(33(43)46-39-32(42)23-9-3-2-4-10-23)30(21)29(31(35)41)19-38-47(44,45)26-14-13-22-8-5-6-11-24(22)18-26/h2-6,8-11,13-16,18,25,29,38H,7,12,17,19-20H2,1H3,(H2,35,41)(H3,36,37)(H,39,42). The first kappa shape index (κ1) is 33.1. The van der Waals surface area contributed by atoms with Crippen LogP contribution in [-0.2, 0) is 19.7 Å². The number of hydrogen-bond acceptors (Lipinski definition) is 7. The van der Waals surface area contributed by atoms with Crippen molar-refractivity contribution in [3.8, 4) is 0 Å². The molecule has 12 nitrogen and oxygen atoms in total. The lowest BCUT2D eigenvalue weighted by Gasteiger charge is -2.34. The number of primary amides is 1. The number of hydroxylamine groups is 1. The Labute approximate surface area is 272 Å². The summed E-state index contributed by atoms with van der Waals surface area (Å²) in [5.41, 5.74) is 15.5. The second-order valence-corrected chi connectivity index (χ2v) is 13.2. The Morgan fingerprint density at radius 3 is 2.38 bits per heavy atom. The van der Waals surface area contributed by atoms with E-state index in [0.29, 0.717) is 18.7 Å². The molecule has 0 spiro atoms. The Morgan fingerprint density at radius 1 is 0.979 bits per heavy atom. The van der Waals surface area contributed by atoms with E-state index in [1.807, 2.05) is 12.1 Å². The van der Waals surface area contributed by atoms with Gasteiger partial charge in [-0.25, -0.2) is 17.9 Å². The van der Waals surface area contributed by atoms with Crippen molar-refractivity contribution in [2.45, 2.75) is 36.5 Å². The van der Waals surface area contributed by atoms with Crippen LogP contribution in [-0.4, -0.2) is 56.7 Å². The molecular formula is C34H36N6O6S. The number of carbonyl (C=O) groups is 3. The van der Waals surface area contributed by atoms with E-state index in [-0.39, 0.29) is 33.5 Å². The molecule has 0 radical (unpaired) electrons. The summed E-state index contributed by atoms with van der Waals surface area (Å²) >= 11 is 0. The molecule has 2 amide bonds. The number of likely N-dealkylation sites (tertiary alicyclic amines) is 1. The lowest BCUT2D eigenvalue weighted by atomic mass is 9.81. The van der Waals surface area contributed by atoms with Crippen LogP contribution in [0.15, 0.2) is 89.8 Å². The zero-order valence-electron chi connectivity index (χ0n) is 25.7. The molecule has 1 aliphatic rings. The molecule has 13 heteroatoms. The van der Waals surface area contributed by atoms with Gasteiger partial charge in [-0.05, 0) is 77.6 Å². The van der Waals surface area contributed by atoms with E-state index in [1.54, 1.807) is 66.4 Å². The zero-order chi connectivity index (χ0) is 33.7. The van der Waals surface area contributed by atoms with Crippen LogP contribution < -0.4 is 21.7 Å². The molecule has 7 N–H and O–H groups in total. The first-order chi connectivity index (χ1) is 22.5. The van der Waals surface area contributed by atoms with Gasteiger partial charge in [0.1, 0.15) is 0 Å². The summed E-state index contributed by atoms with van der Waals surface area (Å²) in [7, 11) is -4.11. The maximum atomic E-state index is 13.5. The van der Waals surface area contributed by atoms with E-state index in [0.717, 1.165) is 29.2 Å². The number of nitrogens with zero attached hydrogens (tertiary/aromatic N) is 1. The minimum atomic E-state index is -4.11. The number of rotatable bonds is 9. The van der Waals surface area contributed by atoms with Crippen molar-refractivity contribution in [1.29, 1.82) is 5.41 Å². The molecule has 0 aromatic heterocycles. The first-order valence-electron chi connectivity index (χ1n) is 15.0. The highest BCUT2D eigenvalue weighted by Crippen LogP contribution is 2.35. The molecule has 0 aliphatic carbocycles. The summed E-state index contributed by atoms with van der Waals surface area (Å²) < 4.78 is 29.4. The van der Waals surface area contributed by atoms with Gasteiger partial charge in [0.05, 0.1) is 16.4 Å². The minimum Gasteiger partial charge on any atom is -0.370 e. The van der Waals surface area contributed by atoms with Gasteiger partial charge in [0.25, 0.3) is 5.91 Å². The van der Waals surface area contributed by atoms with Crippen LogP contribution in [0, 0.1) is 12.3 Å². The molecule has 1 aliphatic heterocycles. The van der Waals surface area contributed by atoms with E-state index in [2.05, 4.69) is 10.2 Å². The fourth-order valence-corrected chi connectivity index (χ4v) is 7.10. The number of nitrogens with two attached hydrogens (primary N) is 2. The Bertz CT molecular complexity index is 1950. The van der Waals surface area contributed by atoms with Crippen LogP contribution in [0.1, 0.15) is 62.1 Å². The van der Waals surface area contributed by atoms with Crippen molar-refractivity contribution in [2.75, 3.05) is 19.6 Å². The maximum absolute atomic E-state index is 13.5. The molecule has 2 atom stereocenters. The number of nitrogens with one attached hydrogen (secondary N) is 3. The molecule has 0 saturated carbocycles. The number of carbonyl (C=O) groups excluding carboxylic acids is 3.